The van der Waals surface area contributed by atoms with Crippen LogP contribution in [0.1, 0.15) is 51.6 Å². The lowest BCUT2D eigenvalue weighted by molar-refractivity contribution is -0.139. The van der Waals surface area contributed by atoms with Crippen LogP contribution in [0, 0.1) is 13.8 Å². The normalized spacial score (nSPS) is 10.4. The number of hydrogen-bond donors (Lipinski definition) is 0. The van der Waals surface area contributed by atoms with E-state index in [1.165, 1.54) is 0 Å². The molecule has 0 spiro atoms. The maximum atomic E-state index is 12.6. The van der Waals surface area contributed by atoms with Gasteiger partial charge in [0, 0.05) is 5.57 Å². The van der Waals surface area contributed by atoms with Crippen molar-refractivity contribution in [3.8, 4) is 17.2 Å². The van der Waals surface area contributed by atoms with Crippen molar-refractivity contribution in [2.24, 2.45) is 0 Å². The zero-order valence-corrected chi connectivity index (χ0v) is 21.2. The van der Waals surface area contributed by atoms with Gasteiger partial charge in [-0.2, -0.15) is 0 Å². The van der Waals surface area contributed by atoms with Gasteiger partial charge < -0.3 is 18.9 Å². The summed E-state index contributed by atoms with van der Waals surface area (Å²) in [7, 11) is 0. The topological polar surface area (TPSA) is 88.1 Å². The molecule has 3 aromatic carbocycles. The maximum Gasteiger partial charge on any atom is 0.343 e. The molecule has 0 atom stereocenters. The van der Waals surface area contributed by atoms with E-state index in [1.807, 2.05) is 26.0 Å². The molecule has 3 rings (SSSR count). The van der Waals surface area contributed by atoms with E-state index < -0.39 is 17.9 Å². The van der Waals surface area contributed by atoms with Crippen LogP contribution in [0.15, 0.2) is 78.9 Å². The van der Waals surface area contributed by atoms with Crippen LogP contribution in [0.3, 0.4) is 0 Å². The van der Waals surface area contributed by atoms with Crippen LogP contribution >= 0.6 is 0 Å². The third-order valence-corrected chi connectivity index (χ3v) is 5.32. The molecule has 0 aromatic heterocycles. The van der Waals surface area contributed by atoms with Gasteiger partial charge >= 0.3 is 17.9 Å². The number of ether oxygens (including phenoxy) is 4. The van der Waals surface area contributed by atoms with Crippen molar-refractivity contribution in [3.05, 3.63) is 101 Å². The molecule has 0 bridgehead atoms. The first kappa shape index (κ1) is 27.2. The van der Waals surface area contributed by atoms with Crippen molar-refractivity contribution in [1.29, 1.82) is 0 Å². The second-order valence-electron chi connectivity index (χ2n) is 8.57. The molecular weight excluding hydrogens is 472 g/mol. The van der Waals surface area contributed by atoms with Gasteiger partial charge in [-0.25, -0.2) is 14.4 Å². The van der Waals surface area contributed by atoms with Gasteiger partial charge in [0.25, 0.3) is 0 Å². The van der Waals surface area contributed by atoms with Crippen LogP contribution < -0.4 is 14.2 Å². The summed E-state index contributed by atoms with van der Waals surface area (Å²) in [6.45, 7) is 9.70. The number of benzene rings is 3. The first-order valence-electron chi connectivity index (χ1n) is 11.9. The molecule has 0 aliphatic rings. The predicted molar refractivity (Wildman–Crippen MR) is 139 cm³/mol. The van der Waals surface area contributed by atoms with Gasteiger partial charge in [0.1, 0.15) is 17.2 Å². The van der Waals surface area contributed by atoms with Gasteiger partial charge in [0.15, 0.2) is 0 Å². The van der Waals surface area contributed by atoms with Crippen molar-refractivity contribution < 1.29 is 33.3 Å². The van der Waals surface area contributed by atoms with Crippen LogP contribution in [0.25, 0.3) is 0 Å². The Bertz CT molecular complexity index is 1260. The molecule has 0 amide bonds. The van der Waals surface area contributed by atoms with Crippen molar-refractivity contribution in [1.82, 2.24) is 0 Å². The van der Waals surface area contributed by atoms with E-state index >= 15 is 0 Å². The van der Waals surface area contributed by atoms with Gasteiger partial charge in [-0.15, -0.1) is 0 Å². The molecular formula is C30H30O7. The first-order valence-corrected chi connectivity index (χ1v) is 11.9. The molecule has 0 saturated carbocycles. The summed E-state index contributed by atoms with van der Waals surface area (Å²) in [6.07, 6.45) is 1.38. The maximum absolute atomic E-state index is 12.6. The zero-order chi connectivity index (χ0) is 26.8. The number of carbonyl (C=O) groups excluding carboxylic acids is 3. The highest BCUT2D eigenvalue weighted by atomic mass is 16.5. The summed E-state index contributed by atoms with van der Waals surface area (Å²) in [6, 6.07) is 18.4. The van der Waals surface area contributed by atoms with Gasteiger partial charge in [0.2, 0.25) is 0 Å². The minimum Gasteiger partial charge on any atom is -0.493 e. The Hall–Kier alpha value is -4.39. The molecule has 7 nitrogen and oxygen atoms in total. The Morgan fingerprint density at radius 3 is 1.86 bits per heavy atom. The molecule has 0 aliphatic heterocycles. The fourth-order valence-corrected chi connectivity index (χ4v) is 3.21. The highest BCUT2D eigenvalue weighted by Gasteiger charge is 2.13. The van der Waals surface area contributed by atoms with Gasteiger partial charge in [0.05, 0.1) is 24.3 Å². The molecule has 0 N–H and O–H groups in total. The molecule has 0 unspecified atom stereocenters. The quantitative estimate of drug-likeness (QED) is 0.137. The molecule has 0 heterocycles. The fourth-order valence-electron chi connectivity index (χ4n) is 3.21. The third kappa shape index (κ3) is 8.35. The monoisotopic (exact) mass is 502 g/mol. The summed E-state index contributed by atoms with van der Waals surface area (Å²) >= 11 is 0. The predicted octanol–water partition coefficient (Wildman–Crippen LogP) is 6.02. The Kier molecular flexibility index (Phi) is 9.61. The number of unbranched alkanes of at least 4 members (excludes halogenated alkanes) is 1. The van der Waals surface area contributed by atoms with Crippen LogP contribution in [-0.4, -0.2) is 31.1 Å². The molecule has 192 valence electrons. The highest BCUT2D eigenvalue weighted by molar-refractivity contribution is 5.93. The average molecular weight is 503 g/mol. The van der Waals surface area contributed by atoms with Crippen LogP contribution in [0.4, 0.5) is 0 Å². The molecule has 0 radical (unpaired) electrons. The van der Waals surface area contributed by atoms with Crippen LogP contribution in [-0.2, 0) is 9.53 Å². The minimum absolute atomic E-state index is 0.308. The molecule has 7 heteroatoms. The zero-order valence-electron chi connectivity index (χ0n) is 21.2. The number of rotatable bonds is 11. The van der Waals surface area contributed by atoms with Crippen molar-refractivity contribution >= 4 is 17.9 Å². The summed E-state index contributed by atoms with van der Waals surface area (Å²) < 4.78 is 21.6. The van der Waals surface area contributed by atoms with Gasteiger partial charge in [-0.05, 0) is 93.8 Å². The molecule has 0 saturated heterocycles. The SMILES string of the molecule is C=C(C)C(=O)OCCCCOc1ccc(C(=O)Oc2ccc(C(=O)Oc3ccc(C)cc3)cc2)cc1C. The van der Waals surface area contributed by atoms with E-state index in [1.54, 1.807) is 61.5 Å². The van der Waals surface area contributed by atoms with E-state index in [9.17, 15) is 14.4 Å². The number of carbonyl (C=O) groups is 3. The highest BCUT2D eigenvalue weighted by Crippen LogP contribution is 2.22. The Labute approximate surface area is 216 Å². The van der Waals surface area contributed by atoms with Crippen molar-refractivity contribution in [2.75, 3.05) is 13.2 Å². The van der Waals surface area contributed by atoms with Crippen LogP contribution in [0.2, 0.25) is 0 Å². The standard InChI is InChI=1S/C30H30O7/c1-20(2)28(31)35-18-6-5-17-34-27-16-11-24(19-22(27)4)30(33)37-26-14-9-23(10-15-26)29(32)36-25-12-7-21(3)8-13-25/h7-16,19H,1,5-6,17-18H2,2-4H3. The van der Waals surface area contributed by atoms with Crippen molar-refractivity contribution in [2.45, 2.75) is 33.6 Å². The summed E-state index contributed by atoms with van der Waals surface area (Å²) in [5.41, 5.74) is 2.95. The van der Waals surface area contributed by atoms with E-state index in [2.05, 4.69) is 6.58 Å². The summed E-state index contributed by atoms with van der Waals surface area (Å²) in [5.74, 6) is 0.00714. The summed E-state index contributed by atoms with van der Waals surface area (Å²) in [4.78, 5) is 36.3. The Morgan fingerprint density at radius 2 is 1.27 bits per heavy atom. The average Bonchev–Trinajstić information content (AvgIpc) is 2.88. The molecule has 3 aromatic rings. The van der Waals surface area contributed by atoms with Gasteiger partial charge in [-0.3, -0.25) is 0 Å². The second kappa shape index (κ2) is 13.1. The van der Waals surface area contributed by atoms with Gasteiger partial charge in [-0.1, -0.05) is 24.3 Å². The van der Waals surface area contributed by atoms with Crippen LogP contribution in [0.5, 0.6) is 17.2 Å². The number of aryl methyl sites for hydroxylation is 2. The lowest BCUT2D eigenvalue weighted by atomic mass is 10.1. The number of esters is 3. The van der Waals surface area contributed by atoms with E-state index in [4.69, 9.17) is 18.9 Å². The van der Waals surface area contributed by atoms with E-state index in [0.29, 0.717) is 60.0 Å². The second-order valence-corrected chi connectivity index (χ2v) is 8.57. The van der Waals surface area contributed by atoms with Crippen molar-refractivity contribution in [3.63, 3.8) is 0 Å². The smallest absolute Gasteiger partial charge is 0.343 e. The number of hydrogen-bond acceptors (Lipinski definition) is 7. The lowest BCUT2D eigenvalue weighted by Crippen LogP contribution is -2.11. The largest absolute Gasteiger partial charge is 0.493 e. The Morgan fingerprint density at radius 1 is 0.730 bits per heavy atom. The fraction of sp³-hybridized carbons (Fsp3) is 0.233. The first-order chi connectivity index (χ1) is 17.7. The van der Waals surface area contributed by atoms with E-state index in [0.717, 1.165) is 11.1 Å². The van der Waals surface area contributed by atoms with E-state index in [-0.39, 0.29) is 0 Å². The Balaban J connectivity index is 1.47. The third-order valence-electron chi connectivity index (χ3n) is 5.32. The minimum atomic E-state index is -0.524. The molecule has 0 aliphatic carbocycles. The molecule has 37 heavy (non-hydrogen) atoms. The summed E-state index contributed by atoms with van der Waals surface area (Å²) in [5, 5.41) is 0. The molecule has 0 fully saturated rings. The lowest BCUT2D eigenvalue weighted by Gasteiger charge is -2.11.